The molecular formula is C16H25NO2Si2. The van der Waals surface area contributed by atoms with Crippen molar-refractivity contribution in [3.05, 3.63) is 35.4 Å². The average molecular weight is 320 g/mol. The molecule has 114 valence electrons. The van der Waals surface area contributed by atoms with E-state index in [4.69, 9.17) is 0 Å². The van der Waals surface area contributed by atoms with Gasteiger partial charge in [-0.25, -0.2) is 0 Å². The summed E-state index contributed by atoms with van der Waals surface area (Å²) in [6.07, 6.45) is 0.649. The Balaban J connectivity index is 2.18. The SMILES string of the molecule is CC[Si](C)(C)C[Si](C)(C)CN1C(=O)c2ccccc2C1=O. The largest absolute Gasteiger partial charge is 0.277 e. The van der Waals surface area contributed by atoms with Gasteiger partial charge >= 0.3 is 0 Å². The van der Waals surface area contributed by atoms with Gasteiger partial charge in [0.15, 0.2) is 0 Å². The second kappa shape index (κ2) is 5.53. The summed E-state index contributed by atoms with van der Waals surface area (Å²) in [5, 5.41) is 0. The summed E-state index contributed by atoms with van der Waals surface area (Å²) in [5.74, 6) is -0.209. The number of hydrogen-bond donors (Lipinski definition) is 0. The Hall–Kier alpha value is -1.21. The van der Waals surface area contributed by atoms with Gasteiger partial charge in [-0.3, -0.25) is 14.5 Å². The zero-order valence-electron chi connectivity index (χ0n) is 13.7. The number of carbonyl (C=O) groups excluding carboxylic acids is 2. The van der Waals surface area contributed by atoms with Gasteiger partial charge in [-0.05, 0) is 12.1 Å². The van der Waals surface area contributed by atoms with E-state index in [9.17, 15) is 9.59 Å². The van der Waals surface area contributed by atoms with Crippen LogP contribution in [0.2, 0.25) is 37.9 Å². The van der Waals surface area contributed by atoms with Gasteiger partial charge in [0.25, 0.3) is 11.8 Å². The molecule has 1 aromatic rings. The van der Waals surface area contributed by atoms with Gasteiger partial charge in [0.1, 0.15) is 0 Å². The van der Waals surface area contributed by atoms with Crippen molar-refractivity contribution < 1.29 is 9.59 Å². The summed E-state index contributed by atoms with van der Waals surface area (Å²) < 4.78 is 0. The fourth-order valence-corrected chi connectivity index (χ4v) is 16.2. The second-order valence-corrected chi connectivity index (χ2v) is 18.7. The predicted octanol–water partition coefficient (Wildman–Crippen LogP) is 3.80. The number of amides is 2. The summed E-state index contributed by atoms with van der Waals surface area (Å²) >= 11 is 0. The highest BCUT2D eigenvalue weighted by Crippen LogP contribution is 2.28. The van der Waals surface area contributed by atoms with Crippen molar-refractivity contribution in [3.63, 3.8) is 0 Å². The molecule has 3 nitrogen and oxygen atoms in total. The van der Waals surface area contributed by atoms with Crippen molar-refractivity contribution >= 4 is 28.0 Å². The second-order valence-electron chi connectivity index (χ2n) is 7.60. The van der Waals surface area contributed by atoms with E-state index in [0.29, 0.717) is 17.3 Å². The number of imide groups is 1. The zero-order chi connectivity index (χ0) is 15.8. The van der Waals surface area contributed by atoms with Gasteiger partial charge in [-0.15, -0.1) is 0 Å². The van der Waals surface area contributed by atoms with Crippen molar-refractivity contribution in [2.75, 3.05) is 6.17 Å². The lowest BCUT2D eigenvalue weighted by Crippen LogP contribution is -2.49. The van der Waals surface area contributed by atoms with Crippen molar-refractivity contribution in [3.8, 4) is 0 Å². The molecule has 0 saturated heterocycles. The minimum absolute atomic E-state index is 0.104. The van der Waals surface area contributed by atoms with Gasteiger partial charge in [0.2, 0.25) is 0 Å². The van der Waals surface area contributed by atoms with E-state index in [-0.39, 0.29) is 11.8 Å². The molecule has 0 fully saturated rings. The van der Waals surface area contributed by atoms with Crippen LogP contribution in [0.4, 0.5) is 0 Å². The smallest absolute Gasteiger partial charge is 0.261 e. The molecule has 0 aromatic heterocycles. The summed E-state index contributed by atoms with van der Waals surface area (Å²) in [4.78, 5) is 26.4. The fraction of sp³-hybridized carbons (Fsp3) is 0.500. The van der Waals surface area contributed by atoms with Gasteiger partial charge in [0, 0.05) is 14.2 Å². The molecule has 0 saturated carbocycles. The van der Waals surface area contributed by atoms with Crippen LogP contribution in [0.15, 0.2) is 24.3 Å². The third kappa shape index (κ3) is 3.35. The molecule has 0 N–H and O–H groups in total. The van der Waals surface area contributed by atoms with Gasteiger partial charge in [0.05, 0.1) is 19.2 Å². The average Bonchev–Trinajstić information content (AvgIpc) is 2.63. The molecule has 1 aromatic carbocycles. The topological polar surface area (TPSA) is 37.4 Å². The molecule has 2 amide bonds. The standard InChI is InChI=1S/C16H25NO2Si2/c1-6-20(2,3)12-21(4,5)11-17-15(18)13-9-7-8-10-14(13)16(17)19/h7-10H,6,11-12H2,1-5H3. The Morgan fingerprint density at radius 3 is 1.81 bits per heavy atom. The van der Waals surface area contributed by atoms with Crippen LogP contribution in [0.25, 0.3) is 0 Å². The molecule has 2 rings (SSSR count). The Morgan fingerprint density at radius 2 is 1.38 bits per heavy atom. The maximum Gasteiger partial charge on any atom is 0.261 e. The Bertz CT molecular complexity index is 546. The van der Waals surface area contributed by atoms with E-state index < -0.39 is 16.1 Å². The molecule has 0 bridgehead atoms. The maximum atomic E-state index is 12.5. The van der Waals surface area contributed by atoms with Crippen LogP contribution >= 0.6 is 0 Å². The Morgan fingerprint density at radius 1 is 0.905 bits per heavy atom. The van der Waals surface area contributed by atoms with Crippen LogP contribution in [-0.4, -0.2) is 39.0 Å². The van der Waals surface area contributed by atoms with Gasteiger partial charge in [-0.2, -0.15) is 0 Å². The van der Waals surface area contributed by atoms with E-state index >= 15 is 0 Å². The van der Waals surface area contributed by atoms with E-state index in [1.807, 2.05) is 12.1 Å². The van der Waals surface area contributed by atoms with Crippen molar-refractivity contribution in [1.29, 1.82) is 0 Å². The van der Waals surface area contributed by atoms with Crippen LogP contribution in [0.5, 0.6) is 0 Å². The minimum Gasteiger partial charge on any atom is -0.277 e. The number of rotatable bonds is 5. The molecule has 21 heavy (non-hydrogen) atoms. The molecule has 0 spiro atoms. The lowest BCUT2D eigenvalue weighted by atomic mass is 10.1. The first-order valence-electron chi connectivity index (χ1n) is 7.62. The third-order valence-electron chi connectivity index (χ3n) is 4.38. The van der Waals surface area contributed by atoms with Crippen LogP contribution in [0, 0.1) is 0 Å². The molecule has 0 radical (unpaired) electrons. The molecule has 0 aliphatic carbocycles. The Labute approximate surface area is 129 Å². The van der Waals surface area contributed by atoms with E-state index in [2.05, 4.69) is 33.1 Å². The normalized spacial score (nSPS) is 15.6. The van der Waals surface area contributed by atoms with Crippen molar-refractivity contribution in [2.24, 2.45) is 0 Å². The number of hydrogen-bond acceptors (Lipinski definition) is 2. The quantitative estimate of drug-likeness (QED) is 0.611. The van der Waals surface area contributed by atoms with Crippen LogP contribution < -0.4 is 0 Å². The molecule has 0 unspecified atom stereocenters. The summed E-state index contributed by atoms with van der Waals surface area (Å²) in [5.41, 5.74) is 2.39. The van der Waals surface area contributed by atoms with Gasteiger partial charge < -0.3 is 0 Å². The zero-order valence-corrected chi connectivity index (χ0v) is 15.7. The van der Waals surface area contributed by atoms with E-state index in [1.165, 1.54) is 16.6 Å². The van der Waals surface area contributed by atoms with Crippen LogP contribution in [-0.2, 0) is 0 Å². The van der Waals surface area contributed by atoms with Crippen LogP contribution in [0.1, 0.15) is 27.6 Å². The molecular weight excluding hydrogens is 294 g/mol. The predicted molar refractivity (Wildman–Crippen MR) is 92.1 cm³/mol. The maximum absolute atomic E-state index is 12.5. The first-order chi connectivity index (χ1) is 9.67. The molecule has 0 atom stereocenters. The molecule has 1 aliphatic heterocycles. The lowest BCUT2D eigenvalue weighted by Gasteiger charge is -2.33. The number of benzene rings is 1. The summed E-state index contributed by atoms with van der Waals surface area (Å²) in [7, 11) is -2.80. The highest BCUT2D eigenvalue weighted by molar-refractivity contribution is 6.95. The molecule has 5 heteroatoms. The first kappa shape index (κ1) is 16.2. The highest BCUT2D eigenvalue weighted by atomic mass is 28.4. The summed E-state index contributed by atoms with van der Waals surface area (Å²) in [6.45, 7) is 11.7. The van der Waals surface area contributed by atoms with E-state index in [0.717, 1.165) is 0 Å². The van der Waals surface area contributed by atoms with Crippen molar-refractivity contribution in [1.82, 2.24) is 4.90 Å². The first-order valence-corrected chi connectivity index (χ1v) is 14.4. The van der Waals surface area contributed by atoms with Crippen molar-refractivity contribution in [2.45, 2.75) is 44.8 Å². The number of nitrogens with zero attached hydrogens (tertiary/aromatic N) is 1. The fourth-order valence-electron chi connectivity index (χ4n) is 3.29. The molecule has 1 heterocycles. The number of carbonyl (C=O) groups is 2. The third-order valence-corrected chi connectivity index (χ3v) is 15.1. The van der Waals surface area contributed by atoms with E-state index in [1.54, 1.807) is 12.1 Å². The lowest BCUT2D eigenvalue weighted by molar-refractivity contribution is 0.0678. The molecule has 1 aliphatic rings. The summed E-state index contributed by atoms with van der Waals surface area (Å²) in [6, 6.07) is 8.42. The highest BCUT2D eigenvalue weighted by Gasteiger charge is 2.40. The monoisotopic (exact) mass is 319 g/mol. The number of fused-ring (bicyclic) bond motifs is 1. The van der Waals surface area contributed by atoms with Crippen LogP contribution in [0.3, 0.4) is 0 Å². The minimum atomic E-state index is -1.60. The van der Waals surface area contributed by atoms with Gasteiger partial charge in [-0.1, -0.05) is 57.0 Å². The Kier molecular flexibility index (Phi) is 4.26.